The molecule has 9 heteroatoms. The standard InChI is InChI=1S/C28H30N4O5/c1-19-13-20(2)15-23(14-19)31-26(33)18-37-24-10-9-22(16-25(24)36-3)17-30-32-28(35)27(34)29-12-11-21-7-5-4-6-8-21/h4-10,13-17H,11-12,18H2,1-3H3,(H,29,34)(H,31,33)(H,32,35)/b30-17-. The normalized spacial score (nSPS) is 10.6. The van der Waals surface area contributed by atoms with Crippen molar-refractivity contribution in [3.8, 4) is 11.5 Å². The molecule has 0 aromatic heterocycles. The average molecular weight is 503 g/mol. The number of benzene rings is 3. The zero-order valence-corrected chi connectivity index (χ0v) is 21.0. The molecular formula is C28H30N4O5. The molecule has 0 heterocycles. The minimum atomic E-state index is -0.869. The minimum absolute atomic E-state index is 0.202. The van der Waals surface area contributed by atoms with E-state index in [1.54, 1.807) is 18.2 Å². The number of carbonyl (C=O) groups is 3. The van der Waals surface area contributed by atoms with Gasteiger partial charge in [-0.15, -0.1) is 0 Å². The Morgan fingerprint density at radius 1 is 0.892 bits per heavy atom. The summed E-state index contributed by atoms with van der Waals surface area (Å²) in [6, 6.07) is 20.4. The predicted octanol–water partition coefficient (Wildman–Crippen LogP) is 3.14. The molecule has 3 N–H and O–H groups in total. The average Bonchev–Trinajstić information content (AvgIpc) is 2.87. The third-order valence-electron chi connectivity index (χ3n) is 5.18. The van der Waals surface area contributed by atoms with Gasteiger partial charge in [-0.2, -0.15) is 5.10 Å². The first kappa shape index (κ1) is 26.9. The second-order valence-corrected chi connectivity index (χ2v) is 8.31. The van der Waals surface area contributed by atoms with Crippen LogP contribution in [0.1, 0.15) is 22.3 Å². The van der Waals surface area contributed by atoms with E-state index in [1.807, 2.05) is 62.4 Å². The Morgan fingerprint density at radius 2 is 1.62 bits per heavy atom. The topological polar surface area (TPSA) is 118 Å². The molecule has 0 saturated heterocycles. The van der Waals surface area contributed by atoms with E-state index in [4.69, 9.17) is 9.47 Å². The third-order valence-corrected chi connectivity index (χ3v) is 5.18. The number of rotatable bonds is 10. The van der Waals surface area contributed by atoms with E-state index in [0.717, 1.165) is 16.7 Å². The summed E-state index contributed by atoms with van der Waals surface area (Å²) in [7, 11) is 1.47. The Morgan fingerprint density at radius 3 is 2.32 bits per heavy atom. The zero-order valence-electron chi connectivity index (χ0n) is 21.0. The second-order valence-electron chi connectivity index (χ2n) is 8.31. The van der Waals surface area contributed by atoms with E-state index in [1.165, 1.54) is 13.3 Å². The van der Waals surface area contributed by atoms with Crippen molar-refractivity contribution >= 4 is 29.6 Å². The zero-order chi connectivity index (χ0) is 26.6. The quantitative estimate of drug-likeness (QED) is 0.224. The number of hydrazone groups is 1. The second kappa shape index (κ2) is 13.4. The van der Waals surface area contributed by atoms with Crippen LogP contribution in [0.4, 0.5) is 5.69 Å². The summed E-state index contributed by atoms with van der Waals surface area (Å²) in [6.45, 7) is 4.05. The maximum Gasteiger partial charge on any atom is 0.329 e. The molecule has 3 amide bonds. The molecule has 3 aromatic carbocycles. The summed E-state index contributed by atoms with van der Waals surface area (Å²) in [4.78, 5) is 36.2. The van der Waals surface area contributed by atoms with Crippen LogP contribution < -0.4 is 25.5 Å². The molecule has 0 aliphatic carbocycles. The fraction of sp³-hybridized carbons (Fsp3) is 0.214. The number of nitrogens with one attached hydrogen (secondary N) is 3. The monoisotopic (exact) mass is 502 g/mol. The number of nitrogens with zero attached hydrogens (tertiary/aromatic N) is 1. The lowest BCUT2D eigenvalue weighted by Gasteiger charge is -2.12. The Kier molecular flexibility index (Phi) is 9.78. The number of methoxy groups -OCH3 is 1. The molecule has 192 valence electrons. The first-order chi connectivity index (χ1) is 17.8. The molecule has 0 saturated carbocycles. The van der Waals surface area contributed by atoms with E-state index in [-0.39, 0.29) is 12.5 Å². The molecule has 0 radical (unpaired) electrons. The first-order valence-electron chi connectivity index (χ1n) is 11.7. The fourth-order valence-corrected chi connectivity index (χ4v) is 3.53. The van der Waals surface area contributed by atoms with Crippen molar-refractivity contribution in [2.45, 2.75) is 20.3 Å². The van der Waals surface area contributed by atoms with Crippen LogP contribution >= 0.6 is 0 Å². The van der Waals surface area contributed by atoms with E-state index in [9.17, 15) is 14.4 Å². The highest BCUT2D eigenvalue weighted by atomic mass is 16.5. The predicted molar refractivity (Wildman–Crippen MR) is 142 cm³/mol. The molecule has 0 aliphatic heterocycles. The number of ether oxygens (including phenoxy) is 2. The third kappa shape index (κ3) is 8.81. The van der Waals surface area contributed by atoms with Crippen LogP contribution in [-0.2, 0) is 20.8 Å². The van der Waals surface area contributed by atoms with Gasteiger partial charge in [0.25, 0.3) is 5.91 Å². The molecule has 37 heavy (non-hydrogen) atoms. The molecule has 0 bridgehead atoms. The highest BCUT2D eigenvalue weighted by Gasteiger charge is 2.12. The van der Waals surface area contributed by atoms with Gasteiger partial charge in [-0.1, -0.05) is 36.4 Å². The van der Waals surface area contributed by atoms with Gasteiger partial charge in [0.15, 0.2) is 18.1 Å². The van der Waals surface area contributed by atoms with Crippen molar-refractivity contribution in [1.29, 1.82) is 0 Å². The highest BCUT2D eigenvalue weighted by Crippen LogP contribution is 2.27. The van der Waals surface area contributed by atoms with Gasteiger partial charge in [-0.05, 0) is 72.9 Å². The van der Waals surface area contributed by atoms with Gasteiger partial charge in [0.1, 0.15) is 0 Å². The fourth-order valence-electron chi connectivity index (χ4n) is 3.53. The Hall–Kier alpha value is -4.66. The van der Waals surface area contributed by atoms with Gasteiger partial charge in [-0.3, -0.25) is 14.4 Å². The molecular weight excluding hydrogens is 472 g/mol. The van der Waals surface area contributed by atoms with Gasteiger partial charge in [0, 0.05) is 12.2 Å². The van der Waals surface area contributed by atoms with Crippen LogP contribution in [0.15, 0.2) is 71.8 Å². The molecule has 0 aliphatic rings. The van der Waals surface area contributed by atoms with E-state index < -0.39 is 11.8 Å². The van der Waals surface area contributed by atoms with E-state index >= 15 is 0 Å². The Bertz CT molecular complexity index is 1250. The van der Waals surface area contributed by atoms with E-state index in [2.05, 4.69) is 21.2 Å². The number of aryl methyl sites for hydroxylation is 2. The van der Waals surface area contributed by atoms with Crippen LogP contribution in [0, 0.1) is 13.8 Å². The smallest absolute Gasteiger partial charge is 0.329 e. The summed E-state index contributed by atoms with van der Waals surface area (Å²) < 4.78 is 11.0. The maximum absolute atomic E-state index is 12.3. The van der Waals surface area contributed by atoms with Crippen molar-refractivity contribution in [1.82, 2.24) is 10.7 Å². The minimum Gasteiger partial charge on any atom is -0.493 e. The van der Waals surface area contributed by atoms with Crippen LogP contribution in [0.3, 0.4) is 0 Å². The van der Waals surface area contributed by atoms with Crippen LogP contribution in [0.25, 0.3) is 0 Å². The van der Waals surface area contributed by atoms with Crippen molar-refractivity contribution in [2.24, 2.45) is 5.10 Å². The first-order valence-corrected chi connectivity index (χ1v) is 11.7. The number of carbonyl (C=O) groups excluding carboxylic acids is 3. The molecule has 0 fully saturated rings. The molecule has 0 spiro atoms. The summed E-state index contributed by atoms with van der Waals surface area (Å²) in [5, 5.41) is 9.19. The summed E-state index contributed by atoms with van der Waals surface area (Å²) in [5.41, 5.74) is 6.65. The molecule has 9 nitrogen and oxygen atoms in total. The summed E-state index contributed by atoms with van der Waals surface area (Å²) in [6.07, 6.45) is 1.98. The van der Waals surface area contributed by atoms with Gasteiger partial charge >= 0.3 is 11.8 Å². The van der Waals surface area contributed by atoms with Gasteiger partial charge in [0.2, 0.25) is 0 Å². The van der Waals surface area contributed by atoms with E-state index in [0.29, 0.717) is 35.7 Å². The lowest BCUT2D eigenvalue weighted by atomic mass is 10.1. The Balaban J connectivity index is 1.47. The van der Waals surface area contributed by atoms with Gasteiger partial charge in [0.05, 0.1) is 13.3 Å². The highest BCUT2D eigenvalue weighted by molar-refractivity contribution is 6.35. The summed E-state index contributed by atoms with van der Waals surface area (Å²) in [5.74, 6) is -1.19. The largest absolute Gasteiger partial charge is 0.493 e. The lowest BCUT2D eigenvalue weighted by Crippen LogP contribution is -2.38. The van der Waals surface area contributed by atoms with Gasteiger partial charge in [-0.25, -0.2) is 5.43 Å². The number of amides is 3. The van der Waals surface area contributed by atoms with Crippen LogP contribution in [0.5, 0.6) is 11.5 Å². The molecule has 3 rings (SSSR count). The molecule has 3 aromatic rings. The van der Waals surface area contributed by atoms with Crippen molar-refractivity contribution in [2.75, 3.05) is 25.6 Å². The van der Waals surface area contributed by atoms with Gasteiger partial charge < -0.3 is 20.1 Å². The number of hydrogen-bond donors (Lipinski definition) is 3. The number of anilines is 1. The van der Waals surface area contributed by atoms with Crippen molar-refractivity contribution in [3.63, 3.8) is 0 Å². The summed E-state index contributed by atoms with van der Waals surface area (Å²) >= 11 is 0. The molecule has 0 atom stereocenters. The lowest BCUT2D eigenvalue weighted by molar-refractivity contribution is -0.139. The molecule has 0 unspecified atom stereocenters. The SMILES string of the molecule is COc1cc(/C=N\NC(=O)C(=O)NCCc2ccccc2)ccc1OCC(=O)Nc1cc(C)cc(C)c1. The van der Waals surface area contributed by atoms with Crippen molar-refractivity contribution in [3.05, 3.63) is 89.0 Å². The van der Waals surface area contributed by atoms with Crippen molar-refractivity contribution < 1.29 is 23.9 Å². The van der Waals surface area contributed by atoms with Crippen LogP contribution in [-0.4, -0.2) is 44.2 Å². The van der Waals surface area contributed by atoms with Crippen LogP contribution in [0.2, 0.25) is 0 Å². The number of hydrogen-bond acceptors (Lipinski definition) is 6. The Labute approximate surface area is 215 Å². The maximum atomic E-state index is 12.3.